The van der Waals surface area contributed by atoms with Crippen molar-refractivity contribution in [1.29, 1.82) is 0 Å². The highest BCUT2D eigenvalue weighted by Crippen LogP contribution is 2.21. The highest BCUT2D eigenvalue weighted by atomic mass is 16.0. The molecule has 1 fully saturated rings. The van der Waals surface area contributed by atoms with Crippen LogP contribution in [0.5, 0.6) is 0 Å². The maximum Gasteiger partial charge on any atom is -0.0443 e. The van der Waals surface area contributed by atoms with Crippen LogP contribution >= 0.6 is 0 Å². The predicted octanol–water partition coefficient (Wildman–Crippen LogP) is 3.34. The van der Waals surface area contributed by atoms with E-state index in [0.29, 0.717) is 0 Å². The standard InChI is InChI=1S/C8H16.C3H6.H2O/c1-8-6-4-2-3-5-7-8;1-3-2;/h8H,2-7H2,1H3;3H,1H2,2H3;1H2. The van der Waals surface area contributed by atoms with E-state index in [2.05, 4.69) is 13.5 Å². The van der Waals surface area contributed by atoms with E-state index in [0.717, 1.165) is 5.92 Å². The monoisotopic (exact) mass is 172 g/mol. The second-order valence-corrected chi connectivity index (χ2v) is 3.50. The summed E-state index contributed by atoms with van der Waals surface area (Å²) in [6, 6.07) is 0. The van der Waals surface area contributed by atoms with Crippen molar-refractivity contribution in [3.05, 3.63) is 12.7 Å². The van der Waals surface area contributed by atoms with E-state index < -0.39 is 0 Å². The van der Waals surface area contributed by atoms with Crippen LogP contribution in [0.1, 0.15) is 52.4 Å². The van der Waals surface area contributed by atoms with Crippen molar-refractivity contribution in [2.45, 2.75) is 52.4 Å². The fourth-order valence-electron chi connectivity index (χ4n) is 1.48. The number of hydrogen-bond acceptors (Lipinski definition) is 0. The average molecular weight is 172 g/mol. The summed E-state index contributed by atoms with van der Waals surface area (Å²) in [5.74, 6) is 1.03. The lowest BCUT2D eigenvalue weighted by Crippen LogP contribution is -1.88. The van der Waals surface area contributed by atoms with Crippen molar-refractivity contribution in [1.82, 2.24) is 0 Å². The van der Waals surface area contributed by atoms with E-state index in [1.165, 1.54) is 38.5 Å². The zero-order valence-electron chi connectivity index (χ0n) is 8.60. The second kappa shape index (κ2) is 10.7. The smallest absolute Gasteiger partial charge is 0.0443 e. The Morgan fingerprint density at radius 2 is 1.42 bits per heavy atom. The zero-order chi connectivity index (χ0) is 8.53. The molecule has 0 bridgehead atoms. The molecule has 12 heavy (non-hydrogen) atoms. The van der Waals surface area contributed by atoms with Gasteiger partial charge in [0.05, 0.1) is 0 Å². The molecule has 1 rings (SSSR count). The summed E-state index contributed by atoms with van der Waals surface area (Å²) in [7, 11) is 0. The fourth-order valence-corrected chi connectivity index (χ4v) is 1.48. The number of rotatable bonds is 0. The summed E-state index contributed by atoms with van der Waals surface area (Å²) in [6.07, 6.45) is 10.7. The lowest BCUT2D eigenvalue weighted by molar-refractivity contribution is 0.505. The molecule has 0 aliphatic heterocycles. The van der Waals surface area contributed by atoms with Crippen molar-refractivity contribution in [3.63, 3.8) is 0 Å². The molecule has 0 saturated heterocycles. The van der Waals surface area contributed by atoms with Gasteiger partial charge in [-0.15, -0.1) is 6.58 Å². The van der Waals surface area contributed by atoms with Gasteiger partial charge in [-0.3, -0.25) is 0 Å². The van der Waals surface area contributed by atoms with Gasteiger partial charge in [-0.25, -0.2) is 0 Å². The molecule has 0 aromatic heterocycles. The summed E-state index contributed by atoms with van der Waals surface area (Å²) in [4.78, 5) is 0. The Morgan fingerprint density at radius 1 is 1.08 bits per heavy atom. The highest BCUT2D eigenvalue weighted by Gasteiger charge is 2.04. The van der Waals surface area contributed by atoms with Crippen molar-refractivity contribution in [3.8, 4) is 0 Å². The highest BCUT2D eigenvalue weighted by molar-refractivity contribution is 4.58. The lowest BCUT2D eigenvalue weighted by atomic mass is 10.0. The molecule has 0 aromatic carbocycles. The molecule has 0 radical (unpaired) electrons. The van der Waals surface area contributed by atoms with Crippen LogP contribution in [0.3, 0.4) is 0 Å². The SMILES string of the molecule is C=CC.CC1CCCCCC1.O. The molecule has 1 saturated carbocycles. The average Bonchev–Trinajstić information content (AvgIpc) is 2.18. The first-order valence-electron chi connectivity index (χ1n) is 4.88. The molecule has 1 aliphatic carbocycles. The van der Waals surface area contributed by atoms with E-state index in [-0.39, 0.29) is 5.48 Å². The molecule has 1 nitrogen and oxygen atoms in total. The molecule has 0 heterocycles. The van der Waals surface area contributed by atoms with E-state index in [1.54, 1.807) is 6.08 Å². The van der Waals surface area contributed by atoms with Crippen molar-refractivity contribution >= 4 is 0 Å². The molecule has 0 aromatic rings. The third kappa shape index (κ3) is 9.70. The minimum absolute atomic E-state index is 0. The lowest BCUT2D eigenvalue weighted by Gasteiger charge is -2.02. The topological polar surface area (TPSA) is 31.5 Å². The zero-order valence-corrected chi connectivity index (χ0v) is 8.60. The summed E-state index contributed by atoms with van der Waals surface area (Å²) in [5.41, 5.74) is 0. The molecule has 0 unspecified atom stereocenters. The first-order chi connectivity index (χ1) is 5.31. The van der Waals surface area contributed by atoms with Crippen LogP contribution < -0.4 is 0 Å². The summed E-state index contributed by atoms with van der Waals surface area (Å²) >= 11 is 0. The van der Waals surface area contributed by atoms with E-state index in [9.17, 15) is 0 Å². The van der Waals surface area contributed by atoms with Crippen molar-refractivity contribution in [2.24, 2.45) is 5.92 Å². The first kappa shape index (κ1) is 14.2. The third-order valence-electron chi connectivity index (χ3n) is 2.14. The van der Waals surface area contributed by atoms with Crippen LogP contribution in [0.4, 0.5) is 0 Å². The van der Waals surface area contributed by atoms with Crippen LogP contribution in [0.2, 0.25) is 0 Å². The minimum atomic E-state index is 0. The van der Waals surface area contributed by atoms with Crippen molar-refractivity contribution in [2.75, 3.05) is 0 Å². The minimum Gasteiger partial charge on any atom is -0.412 e. The maximum atomic E-state index is 3.36. The molecule has 74 valence electrons. The van der Waals surface area contributed by atoms with Gasteiger partial charge in [-0.1, -0.05) is 51.5 Å². The molecule has 1 heteroatoms. The van der Waals surface area contributed by atoms with E-state index in [4.69, 9.17) is 0 Å². The fraction of sp³-hybridized carbons (Fsp3) is 0.818. The van der Waals surface area contributed by atoms with Gasteiger partial charge in [-0.2, -0.15) is 0 Å². The Kier molecular flexibility index (Phi) is 12.7. The maximum absolute atomic E-state index is 3.36. The Bertz CT molecular complexity index is 81.0. The molecule has 0 atom stereocenters. The molecule has 0 amide bonds. The van der Waals surface area contributed by atoms with Gasteiger partial charge in [-0.05, 0) is 12.8 Å². The quantitative estimate of drug-likeness (QED) is 0.396. The van der Waals surface area contributed by atoms with Gasteiger partial charge in [0.25, 0.3) is 0 Å². The Balaban J connectivity index is 0. The van der Waals surface area contributed by atoms with Gasteiger partial charge in [0.2, 0.25) is 0 Å². The third-order valence-corrected chi connectivity index (χ3v) is 2.14. The predicted molar refractivity (Wildman–Crippen MR) is 56.4 cm³/mol. The molecule has 1 aliphatic rings. The van der Waals surface area contributed by atoms with E-state index in [1.807, 2.05) is 6.92 Å². The van der Waals surface area contributed by atoms with E-state index >= 15 is 0 Å². The molecular weight excluding hydrogens is 148 g/mol. The van der Waals surface area contributed by atoms with Crippen LogP contribution in [-0.2, 0) is 0 Å². The Morgan fingerprint density at radius 3 is 1.75 bits per heavy atom. The van der Waals surface area contributed by atoms with Crippen LogP contribution in [0.25, 0.3) is 0 Å². The van der Waals surface area contributed by atoms with Gasteiger partial charge < -0.3 is 5.48 Å². The summed E-state index contributed by atoms with van der Waals surface area (Å²) < 4.78 is 0. The van der Waals surface area contributed by atoms with Gasteiger partial charge in [0, 0.05) is 0 Å². The van der Waals surface area contributed by atoms with Crippen LogP contribution in [0.15, 0.2) is 12.7 Å². The molecule has 0 spiro atoms. The summed E-state index contributed by atoms with van der Waals surface area (Å²) in [6.45, 7) is 7.63. The van der Waals surface area contributed by atoms with Crippen molar-refractivity contribution < 1.29 is 5.48 Å². The molecular formula is C11H24O. The van der Waals surface area contributed by atoms with Crippen LogP contribution in [0, 0.1) is 5.92 Å². The Labute approximate surface area is 77.2 Å². The second-order valence-electron chi connectivity index (χ2n) is 3.50. The van der Waals surface area contributed by atoms with Gasteiger partial charge in [0.15, 0.2) is 0 Å². The van der Waals surface area contributed by atoms with Gasteiger partial charge >= 0.3 is 0 Å². The molecule has 2 N–H and O–H groups in total. The first-order valence-corrected chi connectivity index (χ1v) is 4.88. The normalized spacial score (nSPS) is 17.8. The van der Waals surface area contributed by atoms with Gasteiger partial charge in [0.1, 0.15) is 0 Å². The number of hydrogen-bond donors (Lipinski definition) is 0. The summed E-state index contributed by atoms with van der Waals surface area (Å²) in [5, 5.41) is 0. The largest absolute Gasteiger partial charge is 0.412 e. The Hall–Kier alpha value is -0.300. The van der Waals surface area contributed by atoms with Crippen LogP contribution in [-0.4, -0.2) is 5.48 Å². The number of allylic oxidation sites excluding steroid dienone is 1.